The molecule has 0 aliphatic heterocycles. The second-order valence-corrected chi connectivity index (χ2v) is 6.26. The Bertz CT molecular complexity index is 1140. The number of benzene rings is 1. The Kier molecular flexibility index (Phi) is 3.77. The van der Waals surface area contributed by atoms with Gasteiger partial charge in [0, 0.05) is 11.5 Å². The molecule has 4 aromatic rings. The molecule has 3 heterocycles. The lowest BCUT2D eigenvalue weighted by Crippen LogP contribution is -2.00. The number of fused-ring (bicyclic) bond motifs is 3. The molecule has 10 nitrogen and oxygen atoms in total. The number of hydrogen-bond acceptors (Lipinski definition) is 10. The molecule has 0 bridgehead atoms. The summed E-state index contributed by atoms with van der Waals surface area (Å²) in [5.74, 6) is 1.71. The Hall–Kier alpha value is -3.47. The van der Waals surface area contributed by atoms with Crippen LogP contribution in [0.3, 0.4) is 0 Å². The number of hydrogen-bond donors (Lipinski definition) is 3. The van der Waals surface area contributed by atoms with Gasteiger partial charge in [-0.05, 0) is 11.2 Å². The van der Waals surface area contributed by atoms with Crippen LogP contribution in [0.2, 0.25) is 0 Å². The van der Waals surface area contributed by atoms with Crippen LogP contribution in [0.5, 0.6) is 11.5 Å². The van der Waals surface area contributed by atoms with Crippen LogP contribution < -0.4 is 20.5 Å². The van der Waals surface area contributed by atoms with Gasteiger partial charge < -0.3 is 25.5 Å². The Labute approximate surface area is 150 Å². The number of rotatable bonds is 5. The van der Waals surface area contributed by atoms with Crippen LogP contribution in [-0.2, 0) is 0 Å². The van der Waals surface area contributed by atoms with Crippen LogP contribution in [0.4, 0.5) is 21.9 Å². The van der Waals surface area contributed by atoms with E-state index in [0.29, 0.717) is 33.5 Å². The number of aromatic nitrogens is 4. The molecule has 4 rings (SSSR count). The number of nitrogens with zero attached hydrogens (tertiary/aromatic N) is 4. The zero-order valence-electron chi connectivity index (χ0n) is 13.7. The standard InChI is InChI=1S/C15H13N7O3S/c1-24-8-3-6-7(4-9(8)25-2)18-12-11(6)13(20-14(16)19-12)21-15-17-5-10(22-23)26-15/h3-5H,1-2H3,(H4,16,17,18,19,20,21). The molecule has 0 aliphatic carbocycles. The molecule has 0 unspecified atom stereocenters. The first-order valence-electron chi connectivity index (χ1n) is 7.40. The number of methoxy groups -OCH3 is 2. The van der Waals surface area contributed by atoms with Gasteiger partial charge >= 0.3 is 0 Å². The van der Waals surface area contributed by atoms with Crippen LogP contribution in [0, 0.1) is 4.91 Å². The normalized spacial score (nSPS) is 11.0. The SMILES string of the molecule is COc1cc2[nH]c3nc(N)nc(Nc4ncc(N=O)s4)c3c2cc1OC. The van der Waals surface area contributed by atoms with Crippen molar-refractivity contribution in [2.75, 3.05) is 25.3 Å². The van der Waals surface area contributed by atoms with Crippen molar-refractivity contribution in [1.29, 1.82) is 0 Å². The molecule has 11 heteroatoms. The first kappa shape index (κ1) is 16.0. The lowest BCUT2D eigenvalue weighted by Gasteiger charge is -2.08. The molecule has 0 spiro atoms. The Balaban J connectivity index is 1.94. The fraction of sp³-hybridized carbons (Fsp3) is 0.133. The van der Waals surface area contributed by atoms with Crippen LogP contribution in [-0.4, -0.2) is 34.2 Å². The quantitative estimate of drug-likeness (QED) is 0.454. The van der Waals surface area contributed by atoms with E-state index < -0.39 is 0 Å². The molecule has 0 saturated carbocycles. The van der Waals surface area contributed by atoms with E-state index in [0.717, 1.165) is 22.2 Å². The van der Waals surface area contributed by atoms with Crippen LogP contribution in [0.1, 0.15) is 0 Å². The lowest BCUT2D eigenvalue weighted by atomic mass is 10.2. The van der Waals surface area contributed by atoms with E-state index in [1.807, 2.05) is 12.1 Å². The average molecular weight is 371 g/mol. The number of ether oxygens (including phenoxy) is 2. The first-order valence-corrected chi connectivity index (χ1v) is 8.21. The summed E-state index contributed by atoms with van der Waals surface area (Å²) in [5.41, 5.74) is 7.17. The molecule has 1 aromatic carbocycles. The van der Waals surface area contributed by atoms with Crippen molar-refractivity contribution in [1.82, 2.24) is 19.9 Å². The maximum Gasteiger partial charge on any atom is 0.224 e. The molecule has 0 amide bonds. The van der Waals surface area contributed by atoms with Gasteiger partial charge in [0.25, 0.3) is 0 Å². The molecule has 0 saturated heterocycles. The number of nitrogens with one attached hydrogen (secondary N) is 2. The molecule has 0 radical (unpaired) electrons. The van der Waals surface area contributed by atoms with Gasteiger partial charge in [-0.3, -0.25) is 0 Å². The largest absolute Gasteiger partial charge is 0.493 e. The Morgan fingerprint density at radius 2 is 2.00 bits per heavy atom. The van der Waals surface area contributed by atoms with Crippen molar-refractivity contribution >= 4 is 55.2 Å². The Morgan fingerprint density at radius 1 is 1.23 bits per heavy atom. The molecule has 0 aliphatic rings. The third-order valence-electron chi connectivity index (χ3n) is 3.78. The summed E-state index contributed by atoms with van der Waals surface area (Å²) < 4.78 is 10.7. The molecule has 132 valence electrons. The fourth-order valence-electron chi connectivity index (χ4n) is 2.70. The van der Waals surface area contributed by atoms with Gasteiger partial charge in [0.1, 0.15) is 11.5 Å². The highest BCUT2D eigenvalue weighted by molar-refractivity contribution is 7.19. The maximum atomic E-state index is 10.6. The number of nitroso groups, excluding NO2 is 1. The fourth-order valence-corrected chi connectivity index (χ4v) is 3.29. The summed E-state index contributed by atoms with van der Waals surface area (Å²) in [7, 11) is 3.13. The minimum absolute atomic E-state index is 0.0933. The summed E-state index contributed by atoms with van der Waals surface area (Å²) in [6.45, 7) is 0. The molecule has 0 atom stereocenters. The van der Waals surface area contributed by atoms with Crippen LogP contribution >= 0.6 is 11.3 Å². The minimum atomic E-state index is 0.0933. The van der Waals surface area contributed by atoms with Crippen molar-refractivity contribution in [3.8, 4) is 11.5 Å². The van der Waals surface area contributed by atoms with Crippen molar-refractivity contribution in [2.45, 2.75) is 0 Å². The zero-order valence-corrected chi connectivity index (χ0v) is 14.5. The molecule has 0 fully saturated rings. The van der Waals surface area contributed by atoms with E-state index in [1.54, 1.807) is 14.2 Å². The highest BCUT2D eigenvalue weighted by Crippen LogP contribution is 2.39. The summed E-state index contributed by atoms with van der Waals surface area (Å²) in [5, 5.41) is 8.20. The predicted octanol–water partition coefficient (Wildman–Crippen LogP) is 3.31. The predicted molar refractivity (Wildman–Crippen MR) is 99.8 cm³/mol. The molecule has 26 heavy (non-hydrogen) atoms. The van der Waals surface area contributed by atoms with Gasteiger partial charge in [0.15, 0.2) is 21.6 Å². The van der Waals surface area contributed by atoms with E-state index >= 15 is 0 Å². The minimum Gasteiger partial charge on any atom is -0.493 e. The number of H-pyrrole nitrogens is 1. The zero-order chi connectivity index (χ0) is 18.3. The third kappa shape index (κ3) is 2.54. The van der Waals surface area contributed by atoms with E-state index in [9.17, 15) is 4.91 Å². The van der Waals surface area contributed by atoms with Crippen molar-refractivity contribution in [2.24, 2.45) is 5.18 Å². The van der Waals surface area contributed by atoms with Crippen molar-refractivity contribution in [3.05, 3.63) is 23.2 Å². The van der Waals surface area contributed by atoms with Gasteiger partial charge in [0.2, 0.25) is 5.95 Å². The summed E-state index contributed by atoms with van der Waals surface area (Å²) in [4.78, 5) is 26.4. The van der Waals surface area contributed by atoms with E-state index in [-0.39, 0.29) is 10.9 Å². The first-order chi connectivity index (χ1) is 12.6. The van der Waals surface area contributed by atoms with Gasteiger partial charge in [-0.2, -0.15) is 9.97 Å². The van der Waals surface area contributed by atoms with E-state index in [1.165, 1.54) is 6.20 Å². The van der Waals surface area contributed by atoms with Crippen LogP contribution in [0.25, 0.3) is 21.9 Å². The number of nitrogen functional groups attached to an aromatic ring is 1. The second kappa shape index (κ2) is 6.11. The van der Waals surface area contributed by atoms with Gasteiger partial charge in [-0.25, -0.2) is 4.98 Å². The number of thiazole rings is 1. The van der Waals surface area contributed by atoms with Gasteiger partial charge in [-0.1, -0.05) is 11.3 Å². The molecular weight excluding hydrogens is 358 g/mol. The number of aromatic amines is 1. The highest BCUT2D eigenvalue weighted by atomic mass is 32.1. The van der Waals surface area contributed by atoms with E-state index in [2.05, 4.69) is 30.4 Å². The van der Waals surface area contributed by atoms with Crippen molar-refractivity contribution < 1.29 is 9.47 Å². The smallest absolute Gasteiger partial charge is 0.224 e. The third-order valence-corrected chi connectivity index (χ3v) is 4.57. The summed E-state index contributed by atoms with van der Waals surface area (Å²) in [6.07, 6.45) is 1.38. The maximum absolute atomic E-state index is 10.6. The topological polar surface area (TPSA) is 140 Å². The Morgan fingerprint density at radius 3 is 2.69 bits per heavy atom. The summed E-state index contributed by atoms with van der Waals surface area (Å²) >= 11 is 1.11. The van der Waals surface area contributed by atoms with Crippen LogP contribution in [0.15, 0.2) is 23.5 Å². The highest BCUT2D eigenvalue weighted by Gasteiger charge is 2.17. The second-order valence-electron chi connectivity index (χ2n) is 5.25. The molecule has 3 aromatic heterocycles. The van der Waals surface area contributed by atoms with Gasteiger partial charge in [-0.15, -0.1) is 4.91 Å². The van der Waals surface area contributed by atoms with Crippen molar-refractivity contribution in [3.63, 3.8) is 0 Å². The number of nitrogens with two attached hydrogens (primary N) is 1. The monoisotopic (exact) mass is 371 g/mol. The van der Waals surface area contributed by atoms with Gasteiger partial charge in [0.05, 0.1) is 31.3 Å². The molecule has 4 N–H and O–H groups in total. The number of anilines is 3. The summed E-state index contributed by atoms with van der Waals surface area (Å²) in [6, 6.07) is 3.64. The van der Waals surface area contributed by atoms with E-state index in [4.69, 9.17) is 15.2 Å². The average Bonchev–Trinajstić information content (AvgIpc) is 3.23. The molecular formula is C15H13N7O3S. The lowest BCUT2D eigenvalue weighted by molar-refractivity contribution is 0.356.